The van der Waals surface area contributed by atoms with Crippen molar-refractivity contribution in [1.29, 1.82) is 0 Å². The normalized spacial score (nSPS) is 10.8. The zero-order valence-electron chi connectivity index (χ0n) is 11.6. The number of fused-ring (bicyclic) bond motifs is 1. The molecule has 1 heterocycles. The first kappa shape index (κ1) is 15.2. The van der Waals surface area contributed by atoms with E-state index in [-0.39, 0.29) is 23.6 Å². The number of halogens is 1. The van der Waals surface area contributed by atoms with Crippen molar-refractivity contribution in [2.45, 2.75) is 6.54 Å². The van der Waals surface area contributed by atoms with E-state index in [0.717, 1.165) is 4.47 Å². The minimum absolute atomic E-state index is 0.0997. The number of nitro benzene ring substituents is 1. The Morgan fingerprint density at radius 2 is 1.91 bits per heavy atom. The molecule has 0 spiro atoms. The third-order valence-corrected chi connectivity index (χ3v) is 3.83. The van der Waals surface area contributed by atoms with E-state index in [9.17, 15) is 19.7 Å². The molecule has 0 aliphatic rings. The minimum atomic E-state index is -0.631. The maximum absolute atomic E-state index is 12.3. The maximum atomic E-state index is 12.3. The fourth-order valence-corrected chi connectivity index (χ4v) is 2.53. The van der Waals surface area contributed by atoms with Crippen molar-refractivity contribution in [3.8, 4) is 0 Å². The summed E-state index contributed by atoms with van der Waals surface area (Å²) in [6.45, 7) is -0.203. The second kappa shape index (κ2) is 5.81. The Balaban J connectivity index is 1.92. The van der Waals surface area contributed by atoms with Crippen LogP contribution >= 0.6 is 15.9 Å². The van der Waals surface area contributed by atoms with Crippen molar-refractivity contribution in [2.75, 3.05) is 0 Å². The van der Waals surface area contributed by atoms with Gasteiger partial charge in [0.05, 0.1) is 17.0 Å². The summed E-state index contributed by atoms with van der Waals surface area (Å²) in [4.78, 5) is 34.2. The van der Waals surface area contributed by atoms with Gasteiger partial charge in [-0.2, -0.15) is 0 Å². The Morgan fingerprint density at radius 1 is 1.22 bits per heavy atom. The molecule has 0 unspecified atom stereocenters. The highest BCUT2D eigenvalue weighted by Gasteiger charge is 2.15. The van der Waals surface area contributed by atoms with Crippen molar-refractivity contribution >= 4 is 38.5 Å². The number of aromatic nitrogens is 1. The summed E-state index contributed by atoms with van der Waals surface area (Å²) in [5.41, 5.74) is 1.07. The lowest BCUT2D eigenvalue weighted by molar-refractivity contribution is -0.384. The quantitative estimate of drug-likeness (QED) is 0.395. The van der Waals surface area contributed by atoms with Crippen LogP contribution in [-0.4, -0.2) is 15.3 Å². The summed E-state index contributed by atoms with van der Waals surface area (Å²) in [6.07, 6.45) is 0. The second-order valence-corrected chi connectivity index (χ2v) is 5.71. The topological polar surface area (TPSA) is 95.3 Å². The molecule has 0 radical (unpaired) electrons. The zero-order chi connectivity index (χ0) is 16.6. The van der Waals surface area contributed by atoms with Crippen molar-refractivity contribution in [1.82, 2.24) is 4.57 Å². The van der Waals surface area contributed by atoms with Crippen molar-refractivity contribution in [3.63, 3.8) is 0 Å². The number of benzene rings is 2. The van der Waals surface area contributed by atoms with Crippen LogP contribution in [0.4, 0.5) is 5.69 Å². The number of oxazole rings is 1. The predicted octanol–water partition coefficient (Wildman–Crippen LogP) is 3.15. The molecule has 0 saturated carbocycles. The fraction of sp³-hybridized carbons (Fsp3) is 0.0667. The molecule has 0 N–H and O–H groups in total. The third-order valence-electron chi connectivity index (χ3n) is 3.33. The number of non-ortho nitro benzene ring substituents is 1. The summed E-state index contributed by atoms with van der Waals surface area (Å²) in [6, 6.07) is 10.3. The van der Waals surface area contributed by atoms with E-state index in [4.69, 9.17) is 4.42 Å². The smallest absolute Gasteiger partial charge is 0.408 e. The molecule has 1 aromatic heterocycles. The highest BCUT2D eigenvalue weighted by atomic mass is 79.9. The minimum Gasteiger partial charge on any atom is -0.408 e. The molecular weight excluding hydrogens is 368 g/mol. The van der Waals surface area contributed by atoms with Crippen LogP contribution in [0, 0.1) is 10.1 Å². The van der Waals surface area contributed by atoms with Gasteiger partial charge in [-0.1, -0.05) is 15.9 Å². The van der Waals surface area contributed by atoms with Crippen molar-refractivity contribution in [3.05, 3.63) is 73.2 Å². The third kappa shape index (κ3) is 2.93. The van der Waals surface area contributed by atoms with Gasteiger partial charge in [-0.25, -0.2) is 4.79 Å². The van der Waals surface area contributed by atoms with Gasteiger partial charge in [0.25, 0.3) is 5.69 Å². The van der Waals surface area contributed by atoms with Gasteiger partial charge in [0.1, 0.15) is 0 Å². The molecule has 116 valence electrons. The summed E-state index contributed by atoms with van der Waals surface area (Å²) >= 11 is 3.28. The van der Waals surface area contributed by atoms with Gasteiger partial charge < -0.3 is 4.42 Å². The summed E-state index contributed by atoms with van der Waals surface area (Å²) in [5, 5.41) is 10.6. The van der Waals surface area contributed by atoms with Gasteiger partial charge in [-0.05, 0) is 30.3 Å². The van der Waals surface area contributed by atoms with E-state index < -0.39 is 10.7 Å². The van der Waals surface area contributed by atoms with Crippen LogP contribution in [0.15, 0.2) is 56.1 Å². The van der Waals surface area contributed by atoms with E-state index in [2.05, 4.69) is 15.9 Å². The molecule has 0 aliphatic carbocycles. The average Bonchev–Trinajstić information content (AvgIpc) is 2.82. The van der Waals surface area contributed by atoms with Crippen molar-refractivity contribution < 1.29 is 14.1 Å². The van der Waals surface area contributed by atoms with E-state index in [1.807, 2.05) is 0 Å². The van der Waals surface area contributed by atoms with Crippen LogP contribution in [-0.2, 0) is 6.54 Å². The van der Waals surface area contributed by atoms with Crippen LogP contribution in [0.1, 0.15) is 10.4 Å². The van der Waals surface area contributed by atoms with Gasteiger partial charge in [0.2, 0.25) is 0 Å². The number of hydrogen-bond acceptors (Lipinski definition) is 5. The second-order valence-electron chi connectivity index (χ2n) is 4.79. The monoisotopic (exact) mass is 376 g/mol. The van der Waals surface area contributed by atoms with E-state index >= 15 is 0 Å². The SMILES string of the molecule is O=C(Cn1c(=O)oc2cc(Br)ccc21)c1ccc([N+](=O)[O-])cc1. The molecule has 0 aliphatic heterocycles. The van der Waals surface area contributed by atoms with Gasteiger partial charge in [-0.3, -0.25) is 19.5 Å². The number of nitro groups is 1. The number of rotatable bonds is 4. The Labute approximate surface area is 137 Å². The first-order chi connectivity index (χ1) is 11.0. The lowest BCUT2D eigenvalue weighted by Crippen LogP contribution is -2.20. The van der Waals surface area contributed by atoms with E-state index in [0.29, 0.717) is 11.1 Å². The Kier molecular flexibility index (Phi) is 3.83. The molecular formula is C15H9BrN2O5. The fourth-order valence-electron chi connectivity index (χ4n) is 2.19. The number of nitrogens with zero attached hydrogens (tertiary/aromatic N) is 2. The average molecular weight is 377 g/mol. The molecule has 0 atom stereocenters. The number of carbonyl (C=O) groups is 1. The molecule has 3 rings (SSSR count). The summed E-state index contributed by atoms with van der Waals surface area (Å²) in [7, 11) is 0. The van der Waals surface area contributed by atoms with E-state index in [1.54, 1.807) is 18.2 Å². The number of ketones is 1. The number of carbonyl (C=O) groups excluding carboxylic acids is 1. The van der Waals surface area contributed by atoms with Crippen LogP contribution in [0.3, 0.4) is 0 Å². The Morgan fingerprint density at radius 3 is 2.57 bits per heavy atom. The van der Waals surface area contributed by atoms with Gasteiger partial charge in [0.15, 0.2) is 11.4 Å². The zero-order valence-corrected chi connectivity index (χ0v) is 13.1. The van der Waals surface area contributed by atoms with Crippen LogP contribution in [0.25, 0.3) is 11.1 Å². The molecule has 0 bridgehead atoms. The molecule has 0 fully saturated rings. The lowest BCUT2D eigenvalue weighted by Gasteiger charge is -2.02. The standard InChI is InChI=1S/C15H9BrN2O5/c16-10-3-6-12-14(7-10)23-15(20)17(12)8-13(19)9-1-4-11(5-2-9)18(21)22/h1-7H,8H2. The number of Topliss-reactive ketones (excluding diaryl/α,β-unsaturated/α-hetero) is 1. The Hall–Kier alpha value is -2.74. The van der Waals surface area contributed by atoms with Gasteiger partial charge in [-0.15, -0.1) is 0 Å². The highest BCUT2D eigenvalue weighted by molar-refractivity contribution is 9.10. The maximum Gasteiger partial charge on any atom is 0.420 e. The van der Waals surface area contributed by atoms with Crippen LogP contribution < -0.4 is 5.76 Å². The van der Waals surface area contributed by atoms with Crippen molar-refractivity contribution in [2.24, 2.45) is 0 Å². The largest absolute Gasteiger partial charge is 0.420 e. The van der Waals surface area contributed by atoms with Crippen LogP contribution in [0.2, 0.25) is 0 Å². The first-order valence-electron chi connectivity index (χ1n) is 6.52. The summed E-state index contributed by atoms with van der Waals surface area (Å²) in [5.74, 6) is -0.971. The van der Waals surface area contributed by atoms with Gasteiger partial charge in [0, 0.05) is 22.2 Å². The summed E-state index contributed by atoms with van der Waals surface area (Å²) < 4.78 is 7.09. The molecule has 8 heteroatoms. The Bertz CT molecular complexity index is 972. The van der Waals surface area contributed by atoms with Crippen LogP contribution in [0.5, 0.6) is 0 Å². The molecule has 0 saturated heterocycles. The molecule has 3 aromatic rings. The molecule has 0 amide bonds. The molecule has 7 nitrogen and oxygen atoms in total. The highest BCUT2D eigenvalue weighted by Crippen LogP contribution is 2.19. The van der Waals surface area contributed by atoms with E-state index in [1.165, 1.54) is 28.8 Å². The predicted molar refractivity (Wildman–Crippen MR) is 85.6 cm³/mol. The molecule has 2 aromatic carbocycles. The molecule has 23 heavy (non-hydrogen) atoms. The van der Waals surface area contributed by atoms with Gasteiger partial charge >= 0.3 is 5.76 Å². The lowest BCUT2D eigenvalue weighted by atomic mass is 10.1. The number of hydrogen-bond donors (Lipinski definition) is 0. The first-order valence-corrected chi connectivity index (χ1v) is 7.31.